The number of carbonyl (C=O) groups is 2. The number of anilines is 1. The summed E-state index contributed by atoms with van der Waals surface area (Å²) < 4.78 is 2.10. The Labute approximate surface area is 161 Å². The third-order valence-electron chi connectivity index (χ3n) is 4.79. The van der Waals surface area contributed by atoms with Crippen molar-refractivity contribution < 1.29 is 9.59 Å². The van der Waals surface area contributed by atoms with E-state index in [9.17, 15) is 9.59 Å². The van der Waals surface area contributed by atoms with E-state index in [1.54, 1.807) is 12.1 Å². The molecule has 2 amide bonds. The molecule has 6 heteroatoms. The van der Waals surface area contributed by atoms with Gasteiger partial charge in [0, 0.05) is 41.8 Å². The van der Waals surface area contributed by atoms with Crippen molar-refractivity contribution in [2.24, 2.45) is 0 Å². The van der Waals surface area contributed by atoms with Gasteiger partial charge in [-0.1, -0.05) is 0 Å². The molecule has 0 radical (unpaired) electrons. The first-order valence-electron chi connectivity index (χ1n) is 9.44. The van der Waals surface area contributed by atoms with E-state index >= 15 is 0 Å². The van der Waals surface area contributed by atoms with Gasteiger partial charge in [0.25, 0.3) is 11.8 Å². The molecule has 2 rings (SSSR count). The van der Waals surface area contributed by atoms with E-state index < -0.39 is 0 Å². The minimum atomic E-state index is -0.341. The van der Waals surface area contributed by atoms with Gasteiger partial charge in [0.05, 0.1) is 5.56 Å². The molecule has 0 bridgehead atoms. The van der Waals surface area contributed by atoms with Crippen LogP contribution >= 0.6 is 0 Å². The SMILES string of the molecule is CCN(CC)c1ccc(C(=O)NNC(=O)c2cc(C)n(C(C)C)c2C)cc1. The van der Waals surface area contributed by atoms with Crippen molar-refractivity contribution in [3.63, 3.8) is 0 Å². The first kappa shape index (κ1) is 20.6. The highest BCUT2D eigenvalue weighted by atomic mass is 16.2. The third-order valence-corrected chi connectivity index (χ3v) is 4.79. The van der Waals surface area contributed by atoms with E-state index in [-0.39, 0.29) is 17.9 Å². The zero-order valence-electron chi connectivity index (χ0n) is 17.1. The summed E-state index contributed by atoms with van der Waals surface area (Å²) in [5.74, 6) is -0.657. The molecule has 0 aliphatic carbocycles. The maximum Gasteiger partial charge on any atom is 0.271 e. The number of rotatable bonds is 6. The predicted molar refractivity (Wildman–Crippen MR) is 109 cm³/mol. The topological polar surface area (TPSA) is 66.4 Å². The van der Waals surface area contributed by atoms with E-state index in [0.717, 1.165) is 30.2 Å². The van der Waals surface area contributed by atoms with Crippen molar-refractivity contribution in [3.8, 4) is 0 Å². The van der Waals surface area contributed by atoms with Crippen molar-refractivity contribution in [2.75, 3.05) is 18.0 Å². The van der Waals surface area contributed by atoms with Crippen molar-refractivity contribution in [1.29, 1.82) is 0 Å². The van der Waals surface area contributed by atoms with E-state index in [1.165, 1.54) is 0 Å². The fourth-order valence-corrected chi connectivity index (χ4v) is 3.47. The van der Waals surface area contributed by atoms with E-state index in [0.29, 0.717) is 11.1 Å². The van der Waals surface area contributed by atoms with Gasteiger partial charge < -0.3 is 9.47 Å². The maximum absolute atomic E-state index is 12.5. The number of amides is 2. The number of carbonyl (C=O) groups excluding carboxylic acids is 2. The standard InChI is InChI=1S/C21H30N4O2/c1-7-24(8-2)18-11-9-17(10-12-18)20(26)22-23-21(27)19-13-15(5)25(14(3)4)16(19)6/h9-14H,7-8H2,1-6H3,(H,22,26)(H,23,27). The summed E-state index contributed by atoms with van der Waals surface area (Å²) in [4.78, 5) is 27.0. The zero-order valence-corrected chi connectivity index (χ0v) is 17.1. The molecule has 2 aromatic rings. The van der Waals surface area contributed by atoms with Crippen LogP contribution in [0.2, 0.25) is 0 Å². The summed E-state index contributed by atoms with van der Waals surface area (Å²) in [5.41, 5.74) is 9.06. The van der Waals surface area contributed by atoms with Gasteiger partial charge >= 0.3 is 0 Å². The summed E-state index contributed by atoms with van der Waals surface area (Å²) in [6, 6.07) is 9.47. The Morgan fingerprint density at radius 2 is 1.56 bits per heavy atom. The van der Waals surface area contributed by atoms with Crippen molar-refractivity contribution in [3.05, 3.63) is 52.8 Å². The molecular formula is C21H30N4O2. The number of benzene rings is 1. The molecule has 27 heavy (non-hydrogen) atoms. The third kappa shape index (κ3) is 4.51. The molecule has 2 N–H and O–H groups in total. The minimum Gasteiger partial charge on any atom is -0.372 e. The van der Waals surface area contributed by atoms with E-state index in [4.69, 9.17) is 0 Å². The Balaban J connectivity index is 2.03. The van der Waals surface area contributed by atoms with Gasteiger partial charge in [0.1, 0.15) is 0 Å². The van der Waals surface area contributed by atoms with Crippen LogP contribution in [0, 0.1) is 13.8 Å². The molecule has 0 aliphatic heterocycles. The highest BCUT2D eigenvalue weighted by molar-refractivity contribution is 5.99. The van der Waals surface area contributed by atoms with Crippen LogP contribution in [0.4, 0.5) is 5.69 Å². The minimum absolute atomic E-state index is 0.269. The fraction of sp³-hybridized carbons (Fsp3) is 0.429. The van der Waals surface area contributed by atoms with Crippen LogP contribution in [0.3, 0.4) is 0 Å². The second-order valence-electron chi connectivity index (χ2n) is 6.88. The maximum atomic E-state index is 12.5. The van der Waals surface area contributed by atoms with Crippen molar-refractivity contribution >= 4 is 17.5 Å². The Kier molecular flexibility index (Phi) is 6.66. The molecule has 0 unspecified atom stereocenters. The quantitative estimate of drug-likeness (QED) is 0.764. The lowest BCUT2D eigenvalue weighted by Gasteiger charge is -2.21. The molecule has 6 nitrogen and oxygen atoms in total. The van der Waals surface area contributed by atoms with Crippen LogP contribution in [0.25, 0.3) is 0 Å². The zero-order chi connectivity index (χ0) is 20.1. The monoisotopic (exact) mass is 370 g/mol. The largest absolute Gasteiger partial charge is 0.372 e. The van der Waals surface area contributed by atoms with Crippen molar-refractivity contribution in [1.82, 2.24) is 15.4 Å². The van der Waals surface area contributed by atoms with Crippen LogP contribution in [-0.2, 0) is 0 Å². The molecule has 146 valence electrons. The molecule has 0 atom stereocenters. The highest BCUT2D eigenvalue weighted by Gasteiger charge is 2.17. The lowest BCUT2D eigenvalue weighted by molar-refractivity contribution is 0.0846. The Bertz CT molecular complexity index is 802. The second kappa shape index (κ2) is 8.75. The Morgan fingerprint density at radius 1 is 1.00 bits per heavy atom. The van der Waals surface area contributed by atoms with Gasteiger partial charge in [-0.05, 0) is 71.9 Å². The lowest BCUT2D eigenvalue weighted by atomic mass is 10.2. The lowest BCUT2D eigenvalue weighted by Crippen LogP contribution is -2.41. The first-order valence-corrected chi connectivity index (χ1v) is 9.44. The van der Waals surface area contributed by atoms with E-state index in [2.05, 4.69) is 48.0 Å². The van der Waals surface area contributed by atoms with Crippen LogP contribution in [0.5, 0.6) is 0 Å². The molecule has 0 saturated heterocycles. The van der Waals surface area contributed by atoms with Crippen LogP contribution < -0.4 is 15.8 Å². The van der Waals surface area contributed by atoms with Gasteiger partial charge in [-0.25, -0.2) is 0 Å². The number of nitrogens with one attached hydrogen (secondary N) is 2. The fourth-order valence-electron chi connectivity index (χ4n) is 3.47. The Hall–Kier alpha value is -2.76. The van der Waals surface area contributed by atoms with Gasteiger partial charge in [-0.3, -0.25) is 20.4 Å². The summed E-state index contributed by atoms with van der Waals surface area (Å²) >= 11 is 0. The van der Waals surface area contributed by atoms with Crippen LogP contribution in [0.15, 0.2) is 30.3 Å². The summed E-state index contributed by atoms with van der Waals surface area (Å²) in [6.07, 6.45) is 0. The smallest absolute Gasteiger partial charge is 0.271 e. The van der Waals surface area contributed by atoms with Crippen LogP contribution in [0.1, 0.15) is 65.8 Å². The number of aryl methyl sites for hydroxylation is 1. The van der Waals surface area contributed by atoms with E-state index in [1.807, 2.05) is 32.0 Å². The van der Waals surface area contributed by atoms with Gasteiger partial charge in [-0.15, -0.1) is 0 Å². The van der Waals surface area contributed by atoms with Gasteiger partial charge in [0.15, 0.2) is 0 Å². The molecule has 0 fully saturated rings. The molecule has 1 aromatic heterocycles. The average Bonchev–Trinajstić information content (AvgIpc) is 2.95. The Morgan fingerprint density at radius 3 is 2.04 bits per heavy atom. The van der Waals surface area contributed by atoms with Crippen LogP contribution in [-0.4, -0.2) is 29.5 Å². The molecular weight excluding hydrogens is 340 g/mol. The highest BCUT2D eigenvalue weighted by Crippen LogP contribution is 2.20. The average molecular weight is 370 g/mol. The molecule has 0 aliphatic rings. The number of hydrogen-bond donors (Lipinski definition) is 2. The first-order chi connectivity index (χ1) is 12.8. The molecule has 1 aromatic carbocycles. The molecule has 0 spiro atoms. The van der Waals surface area contributed by atoms with Gasteiger partial charge in [-0.2, -0.15) is 0 Å². The number of hydrazine groups is 1. The number of nitrogens with zero attached hydrogens (tertiary/aromatic N) is 2. The number of hydrogen-bond acceptors (Lipinski definition) is 3. The normalized spacial score (nSPS) is 10.8. The van der Waals surface area contributed by atoms with Crippen molar-refractivity contribution in [2.45, 2.75) is 47.6 Å². The summed E-state index contributed by atoms with van der Waals surface area (Å²) in [6.45, 7) is 14.0. The number of aromatic nitrogens is 1. The molecule has 0 saturated carbocycles. The molecule has 1 heterocycles. The second-order valence-corrected chi connectivity index (χ2v) is 6.88. The predicted octanol–water partition coefficient (Wildman–Crippen LogP) is 3.61. The summed E-state index contributed by atoms with van der Waals surface area (Å²) in [7, 11) is 0. The summed E-state index contributed by atoms with van der Waals surface area (Å²) in [5, 5.41) is 0. The van der Waals surface area contributed by atoms with Gasteiger partial charge in [0.2, 0.25) is 0 Å².